The number of non-ortho nitro benzene ring substituents is 1. The van der Waals surface area contributed by atoms with E-state index in [1.807, 2.05) is 30.3 Å². The third kappa shape index (κ3) is 4.51. The van der Waals surface area contributed by atoms with Gasteiger partial charge in [-0.05, 0) is 43.3 Å². The minimum atomic E-state index is -0.508. The molecule has 4 rings (SSSR count). The number of benzene rings is 3. The Labute approximate surface area is 193 Å². The van der Waals surface area contributed by atoms with E-state index in [0.29, 0.717) is 28.3 Å². The molecule has 0 bridgehead atoms. The van der Waals surface area contributed by atoms with Crippen LogP contribution in [0.15, 0.2) is 92.8 Å². The molecule has 3 aromatic carbocycles. The van der Waals surface area contributed by atoms with E-state index in [0.717, 1.165) is 0 Å². The van der Waals surface area contributed by atoms with E-state index >= 15 is 0 Å². The highest BCUT2D eigenvalue weighted by Gasteiger charge is 2.15. The lowest BCUT2D eigenvalue weighted by Crippen LogP contribution is -2.19. The predicted octanol–water partition coefficient (Wildman–Crippen LogP) is 5.26. The van der Waals surface area contributed by atoms with Crippen molar-refractivity contribution in [3.8, 4) is 11.4 Å². The van der Waals surface area contributed by atoms with Gasteiger partial charge in [0.05, 0.1) is 27.7 Å². The number of nitro groups is 1. The number of hydrogen-bond donors (Lipinski definition) is 1. The Morgan fingerprint density at radius 1 is 0.971 bits per heavy atom. The molecule has 1 aromatic heterocycles. The second-order valence-corrected chi connectivity index (χ2v) is 7.39. The summed E-state index contributed by atoms with van der Waals surface area (Å²) in [5, 5.41) is 29.3. The topological polar surface area (TPSA) is 127 Å². The lowest BCUT2D eigenvalue weighted by atomic mass is 10.2. The first kappa shape index (κ1) is 22.3. The molecular weight excluding hydrogens is 436 g/mol. The lowest BCUT2D eigenvalue weighted by Gasteiger charge is -2.07. The van der Waals surface area contributed by atoms with Gasteiger partial charge >= 0.3 is 0 Å². The summed E-state index contributed by atoms with van der Waals surface area (Å²) in [4.78, 5) is 27.8. The summed E-state index contributed by atoms with van der Waals surface area (Å²) in [5.74, 6) is -0.0463. The number of phenols is 1. The number of aromatic hydroxyl groups is 1. The fourth-order valence-electron chi connectivity index (χ4n) is 3.33. The molecule has 0 fully saturated rings. The summed E-state index contributed by atoms with van der Waals surface area (Å²) in [5.41, 5.74) is 2.30. The quantitative estimate of drug-likeness (QED) is 0.184. The van der Waals surface area contributed by atoms with Crippen molar-refractivity contribution in [1.29, 1.82) is 0 Å². The van der Waals surface area contributed by atoms with Crippen LogP contribution >= 0.6 is 0 Å². The second-order valence-electron chi connectivity index (χ2n) is 7.39. The molecule has 0 aliphatic rings. The van der Waals surface area contributed by atoms with Crippen molar-refractivity contribution in [1.82, 2.24) is 9.36 Å². The molecule has 10 nitrogen and oxygen atoms in total. The molecular formula is C24H20N6O4. The van der Waals surface area contributed by atoms with E-state index < -0.39 is 4.92 Å². The first-order chi connectivity index (χ1) is 16.3. The smallest absolute Gasteiger partial charge is 0.297 e. The molecule has 0 amide bonds. The molecule has 170 valence electrons. The van der Waals surface area contributed by atoms with Crippen LogP contribution in [0, 0.1) is 17.0 Å². The zero-order valence-electron chi connectivity index (χ0n) is 18.4. The molecule has 0 radical (unpaired) electrons. The van der Waals surface area contributed by atoms with Crippen molar-refractivity contribution in [2.24, 2.45) is 22.3 Å². The van der Waals surface area contributed by atoms with Crippen molar-refractivity contribution < 1.29 is 10.0 Å². The van der Waals surface area contributed by atoms with Crippen molar-refractivity contribution in [3.05, 3.63) is 105 Å². The number of aliphatic imine (C=N–C) groups is 1. The van der Waals surface area contributed by atoms with Crippen LogP contribution < -0.4 is 5.56 Å². The van der Waals surface area contributed by atoms with Crippen LogP contribution in [0.4, 0.5) is 22.7 Å². The summed E-state index contributed by atoms with van der Waals surface area (Å²) in [6.45, 7) is 1.79. The van der Waals surface area contributed by atoms with Crippen LogP contribution in [0.2, 0.25) is 0 Å². The van der Waals surface area contributed by atoms with Gasteiger partial charge in [0, 0.05) is 31.0 Å². The third-order valence-electron chi connectivity index (χ3n) is 5.19. The molecule has 4 aromatic rings. The van der Waals surface area contributed by atoms with E-state index in [1.165, 1.54) is 35.2 Å². The molecule has 1 N–H and O–H groups in total. The van der Waals surface area contributed by atoms with Gasteiger partial charge in [-0.25, -0.2) is 9.67 Å². The van der Waals surface area contributed by atoms with Gasteiger partial charge in [-0.15, -0.1) is 0 Å². The Morgan fingerprint density at radius 3 is 2.38 bits per heavy atom. The largest absolute Gasteiger partial charge is 0.507 e. The van der Waals surface area contributed by atoms with E-state index in [2.05, 4.69) is 15.2 Å². The van der Waals surface area contributed by atoms with Crippen molar-refractivity contribution in [2.45, 2.75) is 6.92 Å². The number of nitrogens with zero attached hydrogens (tertiary/aromatic N) is 6. The Morgan fingerprint density at radius 2 is 1.68 bits per heavy atom. The molecule has 0 saturated carbocycles. The van der Waals surface area contributed by atoms with E-state index in [1.54, 1.807) is 36.9 Å². The average Bonchev–Trinajstić information content (AvgIpc) is 3.06. The summed E-state index contributed by atoms with van der Waals surface area (Å²) < 4.78 is 3.24. The van der Waals surface area contributed by atoms with E-state index in [-0.39, 0.29) is 22.7 Å². The zero-order chi connectivity index (χ0) is 24.2. The van der Waals surface area contributed by atoms with E-state index in [4.69, 9.17) is 0 Å². The number of aromatic nitrogens is 2. The van der Waals surface area contributed by atoms with Crippen LogP contribution in [0.1, 0.15) is 11.3 Å². The van der Waals surface area contributed by atoms with Crippen LogP contribution in [0.3, 0.4) is 0 Å². The van der Waals surface area contributed by atoms with Gasteiger partial charge in [-0.1, -0.05) is 24.3 Å². The highest BCUT2D eigenvalue weighted by atomic mass is 16.6. The first-order valence-corrected chi connectivity index (χ1v) is 10.2. The number of phenolic OH excluding ortho intramolecular Hbond substituents is 1. The standard InChI is InChI=1S/C24H20N6O4/c1-16-23(24(32)29(28(16)2)20-8-4-3-5-9-20)25-15-17-13-19(11-12-22(17)31)27-26-18-7-6-10-21(14-18)30(33)34/h3-15,31H,1-2H3. The summed E-state index contributed by atoms with van der Waals surface area (Å²) in [6, 6.07) is 19.5. The number of nitro benzene ring substituents is 1. The van der Waals surface area contributed by atoms with Gasteiger partial charge in [0.1, 0.15) is 5.75 Å². The fourth-order valence-corrected chi connectivity index (χ4v) is 3.33. The highest BCUT2D eigenvalue weighted by molar-refractivity contribution is 5.86. The van der Waals surface area contributed by atoms with Gasteiger partial charge < -0.3 is 5.11 Å². The molecule has 0 spiro atoms. The van der Waals surface area contributed by atoms with Crippen LogP contribution in [-0.4, -0.2) is 25.6 Å². The lowest BCUT2D eigenvalue weighted by molar-refractivity contribution is -0.384. The van der Waals surface area contributed by atoms with Crippen molar-refractivity contribution in [3.63, 3.8) is 0 Å². The molecule has 34 heavy (non-hydrogen) atoms. The van der Waals surface area contributed by atoms with Crippen LogP contribution in [0.25, 0.3) is 5.69 Å². The number of hydrogen-bond acceptors (Lipinski definition) is 7. The fraction of sp³-hybridized carbons (Fsp3) is 0.0833. The third-order valence-corrected chi connectivity index (χ3v) is 5.19. The Bertz CT molecular complexity index is 1490. The molecule has 0 atom stereocenters. The predicted molar refractivity (Wildman–Crippen MR) is 128 cm³/mol. The highest BCUT2D eigenvalue weighted by Crippen LogP contribution is 2.26. The monoisotopic (exact) mass is 456 g/mol. The number of para-hydroxylation sites is 1. The summed E-state index contributed by atoms with van der Waals surface area (Å²) in [6.07, 6.45) is 1.39. The maximum absolute atomic E-state index is 13.0. The average molecular weight is 456 g/mol. The summed E-state index contributed by atoms with van der Waals surface area (Å²) >= 11 is 0. The van der Waals surface area contributed by atoms with Crippen molar-refractivity contribution in [2.75, 3.05) is 0 Å². The molecule has 0 aliphatic carbocycles. The van der Waals surface area contributed by atoms with Gasteiger partial charge in [0.25, 0.3) is 11.2 Å². The number of azo groups is 1. The zero-order valence-corrected chi connectivity index (χ0v) is 18.4. The van der Waals surface area contributed by atoms with E-state index in [9.17, 15) is 20.0 Å². The summed E-state index contributed by atoms with van der Waals surface area (Å²) in [7, 11) is 1.77. The molecule has 0 saturated heterocycles. The van der Waals surface area contributed by atoms with Gasteiger partial charge in [0.15, 0.2) is 5.69 Å². The number of rotatable bonds is 6. The maximum Gasteiger partial charge on any atom is 0.297 e. The normalized spacial score (nSPS) is 11.5. The van der Waals surface area contributed by atoms with Crippen LogP contribution in [-0.2, 0) is 7.05 Å². The minimum Gasteiger partial charge on any atom is -0.507 e. The molecule has 0 aliphatic heterocycles. The van der Waals surface area contributed by atoms with Gasteiger partial charge in [-0.3, -0.25) is 19.6 Å². The Balaban J connectivity index is 1.64. The van der Waals surface area contributed by atoms with Gasteiger partial charge in [-0.2, -0.15) is 10.2 Å². The molecule has 1 heterocycles. The molecule has 0 unspecified atom stereocenters. The first-order valence-electron chi connectivity index (χ1n) is 10.2. The van der Waals surface area contributed by atoms with Crippen molar-refractivity contribution >= 4 is 29.0 Å². The maximum atomic E-state index is 13.0. The van der Waals surface area contributed by atoms with Crippen LogP contribution in [0.5, 0.6) is 5.75 Å². The SMILES string of the molecule is Cc1c(N=Cc2cc(N=Nc3cccc([N+](=O)[O-])c3)ccc2O)c(=O)n(-c2ccccc2)n1C. The molecule has 10 heteroatoms. The minimum absolute atomic E-state index is 0.0463. The second kappa shape index (κ2) is 9.33. The Kier molecular flexibility index (Phi) is 6.13. The van der Waals surface area contributed by atoms with Gasteiger partial charge in [0.2, 0.25) is 0 Å². The Hall–Kier alpha value is -4.86.